The Labute approximate surface area is 131 Å². The van der Waals surface area contributed by atoms with Crippen LogP contribution in [0.2, 0.25) is 0 Å². The Morgan fingerprint density at radius 1 is 1.14 bits per heavy atom. The lowest BCUT2D eigenvalue weighted by atomic mass is 9.94. The van der Waals surface area contributed by atoms with E-state index in [1.54, 1.807) is 0 Å². The summed E-state index contributed by atoms with van der Waals surface area (Å²) in [6.45, 7) is 14.1. The van der Waals surface area contributed by atoms with E-state index in [1.807, 2.05) is 12.2 Å². The van der Waals surface area contributed by atoms with Crippen LogP contribution in [0.3, 0.4) is 0 Å². The molecule has 0 aliphatic rings. The van der Waals surface area contributed by atoms with E-state index in [2.05, 4.69) is 77.1 Å². The highest BCUT2D eigenvalue weighted by atomic mass is 14.1. The summed E-state index contributed by atoms with van der Waals surface area (Å²) in [7, 11) is 0. The number of hydrogen-bond donors (Lipinski definition) is 0. The fraction of sp³-hybridized carbons (Fsp3) is 0.238. The molecule has 0 amide bonds. The van der Waals surface area contributed by atoms with Crippen molar-refractivity contribution in [1.29, 1.82) is 0 Å². The van der Waals surface area contributed by atoms with Gasteiger partial charge in [0.25, 0.3) is 0 Å². The number of rotatable bonds is 5. The van der Waals surface area contributed by atoms with Crippen LogP contribution in [0.25, 0.3) is 12.2 Å². The van der Waals surface area contributed by atoms with E-state index < -0.39 is 0 Å². The van der Waals surface area contributed by atoms with Gasteiger partial charge in [0.1, 0.15) is 0 Å². The summed E-state index contributed by atoms with van der Waals surface area (Å²) >= 11 is 0. The topological polar surface area (TPSA) is 0 Å². The van der Waals surface area contributed by atoms with Crippen molar-refractivity contribution in [2.75, 3.05) is 0 Å². The Morgan fingerprint density at radius 3 is 2.19 bits per heavy atom. The predicted molar refractivity (Wildman–Crippen MR) is 100 cm³/mol. The zero-order valence-corrected chi connectivity index (χ0v) is 12.8. The molecule has 0 radical (unpaired) electrons. The Hall–Kier alpha value is -2.26. The van der Waals surface area contributed by atoms with E-state index in [-0.39, 0.29) is 7.43 Å². The van der Waals surface area contributed by atoms with Crippen LogP contribution in [-0.2, 0) is 6.42 Å². The molecular weight excluding hydrogens is 252 g/mol. The van der Waals surface area contributed by atoms with E-state index in [0.29, 0.717) is 0 Å². The number of allylic oxidation sites excluding steroid dienone is 4. The molecule has 1 aromatic rings. The summed E-state index contributed by atoms with van der Waals surface area (Å²) < 4.78 is 0. The van der Waals surface area contributed by atoms with Gasteiger partial charge in [-0.3, -0.25) is 0 Å². The zero-order chi connectivity index (χ0) is 15.5. The fourth-order valence-corrected chi connectivity index (χ4v) is 1.95. The van der Waals surface area contributed by atoms with Crippen LogP contribution >= 0.6 is 0 Å². The maximum absolute atomic E-state index is 4.00. The number of hydrogen-bond acceptors (Lipinski definition) is 0. The molecular formula is C21H28. The second kappa shape index (κ2) is 11.6. The lowest BCUT2D eigenvalue weighted by molar-refractivity contribution is 1.23. The molecule has 0 unspecified atom stereocenters. The van der Waals surface area contributed by atoms with Gasteiger partial charge in [-0.15, -0.1) is 12.8 Å². The van der Waals surface area contributed by atoms with Crippen molar-refractivity contribution in [3.8, 4) is 12.8 Å². The molecule has 0 saturated heterocycles. The molecule has 0 bridgehead atoms. The monoisotopic (exact) mass is 280 g/mol. The normalized spacial score (nSPS) is 10.2. The van der Waals surface area contributed by atoms with Crippen molar-refractivity contribution >= 4 is 12.2 Å². The summed E-state index contributed by atoms with van der Waals surface area (Å²) in [6, 6.07) is 4.32. The van der Waals surface area contributed by atoms with Crippen molar-refractivity contribution < 1.29 is 0 Å². The van der Waals surface area contributed by atoms with Gasteiger partial charge in [0.05, 0.1) is 0 Å². The van der Waals surface area contributed by atoms with Crippen LogP contribution in [0.1, 0.15) is 43.5 Å². The molecule has 0 fully saturated rings. The lowest BCUT2D eigenvalue weighted by Crippen LogP contribution is -1.93. The molecule has 112 valence electrons. The van der Waals surface area contributed by atoms with Gasteiger partial charge in [0, 0.05) is 0 Å². The van der Waals surface area contributed by atoms with Gasteiger partial charge in [-0.2, -0.15) is 0 Å². The van der Waals surface area contributed by atoms with E-state index in [4.69, 9.17) is 0 Å². The maximum atomic E-state index is 4.00. The largest absolute Gasteiger partial charge is 0.124 e. The van der Waals surface area contributed by atoms with Gasteiger partial charge in [0.15, 0.2) is 0 Å². The molecule has 0 atom stereocenters. The van der Waals surface area contributed by atoms with E-state index in [1.165, 1.54) is 27.8 Å². The summed E-state index contributed by atoms with van der Waals surface area (Å²) in [5.41, 5.74) is 6.22. The van der Waals surface area contributed by atoms with Gasteiger partial charge >= 0.3 is 0 Å². The Morgan fingerprint density at radius 2 is 1.71 bits per heavy atom. The van der Waals surface area contributed by atoms with E-state index >= 15 is 0 Å². The Balaban J connectivity index is 0. The summed E-state index contributed by atoms with van der Waals surface area (Å²) in [5, 5.41) is 0. The van der Waals surface area contributed by atoms with Crippen molar-refractivity contribution in [3.05, 3.63) is 71.3 Å². The second-order valence-electron chi connectivity index (χ2n) is 4.42. The first-order valence-electron chi connectivity index (χ1n) is 6.64. The van der Waals surface area contributed by atoms with Crippen LogP contribution in [0.5, 0.6) is 0 Å². The second-order valence-corrected chi connectivity index (χ2v) is 4.42. The molecule has 1 aromatic carbocycles. The third kappa shape index (κ3) is 6.15. The molecule has 0 saturated carbocycles. The highest BCUT2D eigenvalue weighted by Gasteiger charge is 2.04. The molecule has 0 nitrogen and oxygen atoms in total. The van der Waals surface area contributed by atoms with Gasteiger partial charge in [-0.1, -0.05) is 68.7 Å². The standard InChI is InChI=1S/C18H22.C2H2.CH4/c1-6-14(4)10-9-11-16-13-12-15(5)17(7-2)18(16)8-3;1-2;/h6-10,12-13H,2-3,11H2,1,4-5H3;1-2H;1H4/b10-9-,14-6-;;. The zero-order valence-electron chi connectivity index (χ0n) is 12.8. The molecule has 1 rings (SSSR count). The summed E-state index contributed by atoms with van der Waals surface area (Å²) in [4.78, 5) is 0. The molecule has 0 N–H and O–H groups in total. The first-order valence-corrected chi connectivity index (χ1v) is 6.64. The predicted octanol–water partition coefficient (Wildman–Crippen LogP) is 6.23. The van der Waals surface area contributed by atoms with Crippen molar-refractivity contribution in [2.24, 2.45) is 0 Å². The number of benzene rings is 1. The third-order valence-electron chi connectivity index (χ3n) is 3.18. The van der Waals surface area contributed by atoms with Gasteiger partial charge in [-0.25, -0.2) is 0 Å². The quantitative estimate of drug-likeness (QED) is 0.443. The molecule has 0 aromatic heterocycles. The van der Waals surface area contributed by atoms with E-state index in [9.17, 15) is 0 Å². The molecule has 0 spiro atoms. The Bertz CT molecular complexity index is 537. The van der Waals surface area contributed by atoms with Crippen molar-refractivity contribution in [3.63, 3.8) is 0 Å². The maximum Gasteiger partial charge on any atom is -0.00881 e. The van der Waals surface area contributed by atoms with Crippen LogP contribution in [0.4, 0.5) is 0 Å². The molecule has 0 heteroatoms. The summed E-state index contributed by atoms with van der Waals surface area (Å²) in [5.74, 6) is 0. The molecule has 0 aliphatic carbocycles. The van der Waals surface area contributed by atoms with Gasteiger partial charge < -0.3 is 0 Å². The highest BCUT2D eigenvalue weighted by Crippen LogP contribution is 2.22. The minimum atomic E-state index is 0. The fourth-order valence-electron chi connectivity index (χ4n) is 1.95. The van der Waals surface area contributed by atoms with Crippen molar-refractivity contribution in [2.45, 2.75) is 34.6 Å². The van der Waals surface area contributed by atoms with Crippen LogP contribution in [-0.4, -0.2) is 0 Å². The van der Waals surface area contributed by atoms with E-state index in [0.717, 1.165) is 6.42 Å². The highest BCUT2D eigenvalue weighted by molar-refractivity contribution is 5.69. The smallest absolute Gasteiger partial charge is 0.00881 e. The van der Waals surface area contributed by atoms with Crippen LogP contribution in [0.15, 0.2) is 49.1 Å². The number of terminal acetylenes is 1. The van der Waals surface area contributed by atoms with Crippen LogP contribution in [0, 0.1) is 19.8 Å². The van der Waals surface area contributed by atoms with Crippen molar-refractivity contribution in [1.82, 2.24) is 0 Å². The minimum Gasteiger partial charge on any atom is -0.124 e. The van der Waals surface area contributed by atoms with Gasteiger partial charge in [0.2, 0.25) is 0 Å². The molecule has 0 heterocycles. The minimum absolute atomic E-state index is 0. The van der Waals surface area contributed by atoms with Gasteiger partial charge in [-0.05, 0) is 49.4 Å². The summed E-state index contributed by atoms with van der Waals surface area (Å²) in [6.07, 6.45) is 19.2. The first kappa shape index (κ1) is 21.0. The molecule has 0 aliphatic heterocycles. The first-order chi connectivity index (χ1) is 9.63. The average molecular weight is 280 g/mol. The van der Waals surface area contributed by atoms with Crippen LogP contribution < -0.4 is 0 Å². The SMILES string of the molecule is C.C#C.C=Cc1c(C)ccc(C/C=C\C(C)=C/C)c1C=C. The lowest BCUT2D eigenvalue weighted by Gasteiger charge is -2.10. The third-order valence-corrected chi connectivity index (χ3v) is 3.18. The Kier molecular flexibility index (Phi) is 11.6. The number of aryl methyl sites for hydroxylation is 1. The average Bonchev–Trinajstić information content (AvgIpc) is 2.49. The molecule has 21 heavy (non-hydrogen) atoms.